The summed E-state index contributed by atoms with van der Waals surface area (Å²) < 4.78 is 28.1. The molecule has 240 valence electrons. The monoisotopic (exact) mass is 666 g/mol. The van der Waals surface area contributed by atoms with Gasteiger partial charge in [-0.15, -0.1) is 11.3 Å². The number of amides is 3. The number of rotatable bonds is 7. The van der Waals surface area contributed by atoms with Crippen molar-refractivity contribution in [3.8, 4) is 5.69 Å². The van der Waals surface area contributed by atoms with Crippen LogP contribution in [0.1, 0.15) is 64.7 Å². The van der Waals surface area contributed by atoms with Gasteiger partial charge in [-0.05, 0) is 73.4 Å². The lowest BCUT2D eigenvalue weighted by Crippen LogP contribution is -2.58. The molecule has 46 heavy (non-hydrogen) atoms. The minimum absolute atomic E-state index is 0.0596. The van der Waals surface area contributed by atoms with Gasteiger partial charge >= 0.3 is 7.60 Å². The molecule has 0 saturated carbocycles. The van der Waals surface area contributed by atoms with Crippen molar-refractivity contribution in [3.05, 3.63) is 77.2 Å². The first-order valence-electron chi connectivity index (χ1n) is 15.2. The lowest BCUT2D eigenvalue weighted by atomic mass is 9.90. The van der Waals surface area contributed by atoms with Crippen LogP contribution in [0.5, 0.6) is 0 Å². The molecule has 0 unspecified atom stereocenters. The predicted molar refractivity (Wildman–Crippen MR) is 167 cm³/mol. The lowest BCUT2D eigenvalue weighted by molar-refractivity contribution is -0.148. The van der Waals surface area contributed by atoms with E-state index in [0.717, 1.165) is 41.9 Å². The molecule has 3 aromatic heterocycles. The summed E-state index contributed by atoms with van der Waals surface area (Å²) in [5.41, 5.74) is 1.76. The first kappa shape index (κ1) is 30.7. The highest BCUT2D eigenvalue weighted by atomic mass is 32.1. The maximum absolute atomic E-state index is 14.2. The largest absolute Gasteiger partial charge is 0.363 e. The Hall–Kier alpha value is -3.97. The second-order valence-corrected chi connectivity index (χ2v) is 14.8. The van der Waals surface area contributed by atoms with Crippen molar-refractivity contribution in [2.45, 2.75) is 62.1 Å². The number of aromatic nitrogens is 3. The summed E-state index contributed by atoms with van der Waals surface area (Å²) in [4.78, 5) is 67.5. The number of halogens is 1. The van der Waals surface area contributed by atoms with Gasteiger partial charge in [-0.3, -0.25) is 23.9 Å². The Kier molecular flexibility index (Phi) is 8.00. The van der Waals surface area contributed by atoms with Crippen molar-refractivity contribution in [2.24, 2.45) is 0 Å². The SMILES string of the molecule is O=C(N[C@H]1CCC[C@H]2CC[C@@H](C(=O)N3CC(c4cnccc4-n4cccn4)C3)N2C1=O)c1cc2cc([C@@H](F)P(=O)(O)O)ccc2s1. The number of hydrogen-bond donors (Lipinski definition) is 3. The van der Waals surface area contributed by atoms with E-state index in [1.807, 2.05) is 24.5 Å². The van der Waals surface area contributed by atoms with E-state index in [9.17, 15) is 33.1 Å². The molecular formula is C31H32FN6O6PS. The van der Waals surface area contributed by atoms with Gasteiger partial charge in [0.15, 0.2) is 0 Å². The second kappa shape index (κ2) is 12.0. The van der Waals surface area contributed by atoms with Crippen molar-refractivity contribution < 1.29 is 33.1 Å². The number of alkyl halides is 1. The standard InChI is InChI=1S/C31H32FN6O6PS/c32-28(45(42,43)44)18-5-8-26-19(13-18)14-27(46-26)29(39)35-23-4-1-3-21-6-7-25(38(21)30(23)40)31(41)36-16-20(17-36)22-15-33-11-9-24(22)37-12-2-10-34-37/h2,5,8-15,20-21,23,25,28H,1,3-4,6-7,16-17H2,(H,35,39)(H2,42,43,44)/t21-,23-,25-,28-/m0/s1. The first-order valence-corrected chi connectivity index (χ1v) is 17.7. The van der Waals surface area contributed by atoms with Gasteiger partial charge in [0.2, 0.25) is 17.7 Å². The summed E-state index contributed by atoms with van der Waals surface area (Å²) in [5.74, 6) is -3.17. The minimum atomic E-state index is -4.98. The summed E-state index contributed by atoms with van der Waals surface area (Å²) in [6.07, 6.45) is 10.3. The Morgan fingerprint density at radius 3 is 2.67 bits per heavy atom. The van der Waals surface area contributed by atoms with Gasteiger partial charge in [0.1, 0.15) is 12.1 Å². The van der Waals surface area contributed by atoms with Crippen LogP contribution in [0.2, 0.25) is 0 Å². The number of thiophene rings is 1. The number of likely N-dealkylation sites (tertiary alicyclic amines) is 1. The summed E-state index contributed by atoms with van der Waals surface area (Å²) >= 11 is 1.14. The molecule has 7 rings (SSSR count). The molecule has 3 saturated heterocycles. The van der Waals surface area contributed by atoms with E-state index in [2.05, 4.69) is 15.4 Å². The second-order valence-electron chi connectivity index (χ2n) is 12.1. The summed E-state index contributed by atoms with van der Waals surface area (Å²) in [6.45, 7) is 1.04. The minimum Gasteiger partial charge on any atom is -0.340 e. The molecule has 0 radical (unpaired) electrons. The molecule has 6 heterocycles. The third-order valence-corrected chi connectivity index (χ3v) is 11.2. The van der Waals surface area contributed by atoms with Crippen molar-refractivity contribution in [1.29, 1.82) is 0 Å². The summed E-state index contributed by atoms with van der Waals surface area (Å²) in [6, 6.07) is 7.97. The van der Waals surface area contributed by atoms with Crippen molar-refractivity contribution >= 4 is 46.7 Å². The molecule has 4 atom stereocenters. The van der Waals surface area contributed by atoms with Crippen LogP contribution in [0.25, 0.3) is 15.8 Å². The highest BCUT2D eigenvalue weighted by Gasteiger charge is 2.47. The van der Waals surface area contributed by atoms with Gasteiger partial charge < -0.3 is 24.9 Å². The van der Waals surface area contributed by atoms with Gasteiger partial charge in [0.05, 0.1) is 10.6 Å². The summed E-state index contributed by atoms with van der Waals surface area (Å²) in [5, 5.41) is 7.67. The van der Waals surface area contributed by atoms with Crippen LogP contribution in [0.15, 0.2) is 61.2 Å². The van der Waals surface area contributed by atoms with E-state index in [4.69, 9.17) is 0 Å². The van der Waals surface area contributed by atoms with Crippen LogP contribution in [-0.4, -0.2) is 83.3 Å². The summed E-state index contributed by atoms with van der Waals surface area (Å²) in [7, 11) is -4.98. The average Bonchev–Trinajstić information content (AvgIpc) is 3.77. The zero-order valence-electron chi connectivity index (χ0n) is 24.6. The van der Waals surface area contributed by atoms with E-state index >= 15 is 0 Å². The molecule has 0 bridgehead atoms. The zero-order valence-corrected chi connectivity index (χ0v) is 26.3. The zero-order chi connectivity index (χ0) is 32.2. The van der Waals surface area contributed by atoms with E-state index < -0.39 is 31.5 Å². The topological polar surface area (TPSA) is 158 Å². The van der Waals surface area contributed by atoms with Crippen LogP contribution >= 0.6 is 18.9 Å². The number of pyridine rings is 1. The number of benzene rings is 1. The molecule has 3 aliphatic rings. The Morgan fingerprint density at radius 2 is 1.91 bits per heavy atom. The number of carbonyl (C=O) groups excluding carboxylic acids is 3. The molecule has 3 amide bonds. The number of fused-ring (bicyclic) bond motifs is 2. The Balaban J connectivity index is 1.03. The molecule has 0 spiro atoms. The van der Waals surface area contributed by atoms with Crippen LogP contribution in [0, 0.1) is 0 Å². The molecule has 3 N–H and O–H groups in total. The number of carbonyl (C=O) groups is 3. The Morgan fingerprint density at radius 1 is 1.09 bits per heavy atom. The smallest absolute Gasteiger partial charge is 0.340 e. The van der Waals surface area contributed by atoms with E-state index in [0.29, 0.717) is 36.0 Å². The van der Waals surface area contributed by atoms with E-state index in [1.165, 1.54) is 24.3 Å². The molecule has 15 heteroatoms. The van der Waals surface area contributed by atoms with Crippen LogP contribution < -0.4 is 5.32 Å². The highest BCUT2D eigenvalue weighted by molar-refractivity contribution is 7.51. The third-order valence-electron chi connectivity index (χ3n) is 9.22. The molecule has 4 aromatic rings. The van der Waals surface area contributed by atoms with Gasteiger partial charge in [-0.2, -0.15) is 5.10 Å². The molecule has 1 aromatic carbocycles. The average molecular weight is 667 g/mol. The number of nitrogens with zero attached hydrogens (tertiary/aromatic N) is 5. The van der Waals surface area contributed by atoms with Crippen LogP contribution in [-0.2, 0) is 14.2 Å². The third kappa shape index (κ3) is 5.63. The molecule has 12 nitrogen and oxygen atoms in total. The van der Waals surface area contributed by atoms with Crippen molar-refractivity contribution in [3.63, 3.8) is 0 Å². The van der Waals surface area contributed by atoms with E-state index in [1.54, 1.807) is 26.9 Å². The Bertz CT molecular complexity index is 1860. The Labute approximate surface area is 267 Å². The number of hydrogen-bond acceptors (Lipinski definition) is 7. The predicted octanol–water partition coefficient (Wildman–Crippen LogP) is 3.90. The fraction of sp³-hybridized carbons (Fsp3) is 0.387. The van der Waals surface area contributed by atoms with Crippen LogP contribution in [0.4, 0.5) is 4.39 Å². The molecular weight excluding hydrogens is 634 g/mol. The highest BCUT2D eigenvalue weighted by Crippen LogP contribution is 2.53. The van der Waals surface area contributed by atoms with Crippen molar-refractivity contribution in [2.75, 3.05) is 13.1 Å². The fourth-order valence-corrected chi connectivity index (χ4v) is 8.38. The van der Waals surface area contributed by atoms with E-state index in [-0.39, 0.29) is 34.2 Å². The molecule has 3 fully saturated rings. The van der Waals surface area contributed by atoms with Gasteiger partial charge in [-0.25, -0.2) is 9.07 Å². The van der Waals surface area contributed by atoms with Gasteiger partial charge in [0, 0.05) is 60.1 Å². The van der Waals surface area contributed by atoms with Crippen molar-refractivity contribution in [1.82, 2.24) is 29.9 Å². The molecule has 0 aliphatic carbocycles. The molecule has 3 aliphatic heterocycles. The number of nitrogens with one attached hydrogen (secondary N) is 1. The maximum Gasteiger partial charge on any atom is 0.363 e. The lowest BCUT2D eigenvalue weighted by Gasteiger charge is -2.43. The van der Waals surface area contributed by atoms with Gasteiger partial charge in [0.25, 0.3) is 5.91 Å². The first-order chi connectivity index (χ1) is 22.1. The van der Waals surface area contributed by atoms with Gasteiger partial charge in [-0.1, -0.05) is 6.07 Å². The van der Waals surface area contributed by atoms with Crippen LogP contribution in [0.3, 0.4) is 0 Å². The normalized spacial score (nSPS) is 22.8. The quantitative estimate of drug-likeness (QED) is 0.251. The maximum atomic E-state index is 14.2. The fourth-order valence-electron chi connectivity index (χ4n) is 6.88.